The van der Waals surface area contributed by atoms with E-state index in [2.05, 4.69) is 22.5 Å². The van der Waals surface area contributed by atoms with E-state index < -0.39 is 0 Å². The van der Waals surface area contributed by atoms with Crippen molar-refractivity contribution in [2.24, 2.45) is 0 Å². The Bertz CT molecular complexity index is 269. The van der Waals surface area contributed by atoms with E-state index in [9.17, 15) is 4.39 Å². The first-order valence-corrected chi connectivity index (χ1v) is 4.02. The molecule has 1 aromatic carbocycles. The molecule has 0 heterocycles. The molecule has 0 atom stereocenters. The minimum Gasteiger partial charge on any atom is -0.206 e. The quantitative estimate of drug-likeness (QED) is 0.672. The monoisotopic (exact) mass is 214 g/mol. The highest BCUT2D eigenvalue weighted by molar-refractivity contribution is 9.10. The van der Waals surface area contributed by atoms with Gasteiger partial charge in [-0.2, -0.15) is 0 Å². The first-order valence-electron chi connectivity index (χ1n) is 3.23. The van der Waals surface area contributed by atoms with Gasteiger partial charge in [0.25, 0.3) is 0 Å². The molecule has 1 rings (SSSR count). The number of aryl methyl sites for hydroxylation is 1. The second kappa shape index (κ2) is 3.18. The van der Waals surface area contributed by atoms with Crippen molar-refractivity contribution in [2.45, 2.75) is 6.92 Å². The average Bonchev–Trinajstić information content (AvgIpc) is 1.99. The highest BCUT2D eigenvalue weighted by Crippen LogP contribution is 2.21. The maximum atomic E-state index is 12.9. The van der Waals surface area contributed by atoms with Gasteiger partial charge >= 0.3 is 0 Å². The third-order valence-electron chi connectivity index (χ3n) is 1.47. The SMILES string of the molecule is C=Cc1cc(C)c(Br)c(F)c1. The van der Waals surface area contributed by atoms with E-state index in [1.54, 1.807) is 6.08 Å². The Kier molecular flexibility index (Phi) is 2.45. The van der Waals surface area contributed by atoms with Crippen molar-refractivity contribution in [1.29, 1.82) is 0 Å². The number of hydrogen-bond acceptors (Lipinski definition) is 0. The van der Waals surface area contributed by atoms with Crippen LogP contribution in [0.1, 0.15) is 11.1 Å². The normalized spacial score (nSPS) is 9.73. The number of rotatable bonds is 1. The van der Waals surface area contributed by atoms with Gasteiger partial charge in [0.15, 0.2) is 0 Å². The van der Waals surface area contributed by atoms with Crippen LogP contribution < -0.4 is 0 Å². The van der Waals surface area contributed by atoms with Gasteiger partial charge in [-0.15, -0.1) is 0 Å². The lowest BCUT2D eigenvalue weighted by Gasteiger charge is -2.00. The summed E-state index contributed by atoms with van der Waals surface area (Å²) in [6, 6.07) is 3.32. The van der Waals surface area contributed by atoms with E-state index in [4.69, 9.17) is 0 Å². The number of halogens is 2. The molecular formula is C9H8BrF. The maximum absolute atomic E-state index is 12.9. The minimum absolute atomic E-state index is 0.236. The first-order chi connectivity index (χ1) is 5.15. The molecule has 0 saturated carbocycles. The molecule has 0 amide bonds. The van der Waals surface area contributed by atoms with Gasteiger partial charge in [0.05, 0.1) is 4.47 Å². The van der Waals surface area contributed by atoms with Crippen LogP contribution >= 0.6 is 15.9 Å². The summed E-state index contributed by atoms with van der Waals surface area (Å²) in [6.45, 7) is 5.41. The molecule has 0 saturated heterocycles. The molecule has 0 aromatic heterocycles. The highest BCUT2D eigenvalue weighted by Gasteiger charge is 2.02. The minimum atomic E-state index is -0.236. The number of benzene rings is 1. The fourth-order valence-corrected chi connectivity index (χ4v) is 1.10. The van der Waals surface area contributed by atoms with Crippen LogP contribution in [0, 0.1) is 12.7 Å². The van der Waals surface area contributed by atoms with Crippen LogP contribution in [-0.2, 0) is 0 Å². The third-order valence-corrected chi connectivity index (χ3v) is 2.47. The van der Waals surface area contributed by atoms with Crippen LogP contribution in [0.2, 0.25) is 0 Å². The zero-order chi connectivity index (χ0) is 8.43. The highest BCUT2D eigenvalue weighted by atomic mass is 79.9. The summed E-state index contributed by atoms with van der Waals surface area (Å²) < 4.78 is 13.5. The van der Waals surface area contributed by atoms with Crippen LogP contribution in [0.4, 0.5) is 4.39 Å². The van der Waals surface area contributed by atoms with Crippen LogP contribution in [0.25, 0.3) is 6.08 Å². The molecule has 11 heavy (non-hydrogen) atoms. The van der Waals surface area contributed by atoms with Crippen molar-refractivity contribution in [3.8, 4) is 0 Å². The average molecular weight is 215 g/mol. The molecule has 0 spiro atoms. The first kappa shape index (κ1) is 8.47. The second-order valence-corrected chi connectivity index (χ2v) is 3.13. The molecule has 1 aromatic rings. The maximum Gasteiger partial charge on any atom is 0.138 e. The van der Waals surface area contributed by atoms with Gasteiger partial charge in [0, 0.05) is 0 Å². The summed E-state index contributed by atoms with van der Waals surface area (Å²) in [5.74, 6) is -0.236. The van der Waals surface area contributed by atoms with Crippen molar-refractivity contribution < 1.29 is 4.39 Å². The molecule has 0 unspecified atom stereocenters. The van der Waals surface area contributed by atoms with E-state index in [-0.39, 0.29) is 5.82 Å². The Hall–Kier alpha value is -0.630. The van der Waals surface area contributed by atoms with Crippen molar-refractivity contribution >= 4 is 22.0 Å². The zero-order valence-electron chi connectivity index (χ0n) is 6.20. The van der Waals surface area contributed by atoms with Gasteiger partial charge in [-0.05, 0) is 40.0 Å². The molecule has 0 nitrogen and oxygen atoms in total. The number of hydrogen-bond donors (Lipinski definition) is 0. The van der Waals surface area contributed by atoms with E-state index in [0.717, 1.165) is 11.1 Å². The van der Waals surface area contributed by atoms with Gasteiger partial charge in [0.2, 0.25) is 0 Å². The molecule has 0 N–H and O–H groups in total. The fourth-order valence-electron chi connectivity index (χ4n) is 0.871. The zero-order valence-corrected chi connectivity index (χ0v) is 7.78. The smallest absolute Gasteiger partial charge is 0.138 e. The lowest BCUT2D eigenvalue weighted by molar-refractivity contribution is 0.619. The van der Waals surface area contributed by atoms with E-state index in [1.807, 2.05) is 13.0 Å². The van der Waals surface area contributed by atoms with Gasteiger partial charge in [0.1, 0.15) is 5.82 Å². The summed E-state index contributed by atoms with van der Waals surface area (Å²) in [7, 11) is 0. The fraction of sp³-hybridized carbons (Fsp3) is 0.111. The molecule has 58 valence electrons. The second-order valence-electron chi connectivity index (χ2n) is 2.34. The third kappa shape index (κ3) is 1.69. The van der Waals surface area contributed by atoms with Crippen molar-refractivity contribution in [3.05, 3.63) is 40.1 Å². The van der Waals surface area contributed by atoms with Crippen molar-refractivity contribution in [3.63, 3.8) is 0 Å². The molecule has 2 heteroatoms. The lowest BCUT2D eigenvalue weighted by Crippen LogP contribution is -1.84. The lowest BCUT2D eigenvalue weighted by atomic mass is 10.1. The summed E-state index contributed by atoms with van der Waals surface area (Å²) in [5.41, 5.74) is 1.70. The molecule has 0 aliphatic carbocycles. The standard InChI is InChI=1S/C9H8BrF/c1-3-7-4-6(2)9(10)8(11)5-7/h3-5H,1H2,2H3. The van der Waals surface area contributed by atoms with Crippen LogP contribution in [-0.4, -0.2) is 0 Å². The molecule has 0 radical (unpaired) electrons. The van der Waals surface area contributed by atoms with Crippen LogP contribution in [0.15, 0.2) is 23.2 Å². The van der Waals surface area contributed by atoms with Gasteiger partial charge in [-0.3, -0.25) is 0 Å². The molecular weight excluding hydrogens is 207 g/mol. The summed E-state index contributed by atoms with van der Waals surface area (Å²) in [5, 5.41) is 0. The summed E-state index contributed by atoms with van der Waals surface area (Å²) in [6.07, 6.45) is 1.63. The van der Waals surface area contributed by atoms with Gasteiger partial charge in [-0.25, -0.2) is 4.39 Å². The van der Waals surface area contributed by atoms with E-state index in [1.165, 1.54) is 6.07 Å². The Morgan fingerprint density at radius 1 is 1.55 bits per heavy atom. The topological polar surface area (TPSA) is 0 Å². The summed E-state index contributed by atoms with van der Waals surface area (Å²) in [4.78, 5) is 0. The Morgan fingerprint density at radius 3 is 2.64 bits per heavy atom. The van der Waals surface area contributed by atoms with Gasteiger partial charge < -0.3 is 0 Å². The predicted molar refractivity (Wildman–Crippen MR) is 48.9 cm³/mol. The Balaban J connectivity index is 3.31. The van der Waals surface area contributed by atoms with Crippen molar-refractivity contribution in [2.75, 3.05) is 0 Å². The predicted octanol–water partition coefficient (Wildman–Crippen LogP) is 3.54. The van der Waals surface area contributed by atoms with E-state index >= 15 is 0 Å². The molecule has 0 fully saturated rings. The van der Waals surface area contributed by atoms with Crippen molar-refractivity contribution in [1.82, 2.24) is 0 Å². The largest absolute Gasteiger partial charge is 0.206 e. The Morgan fingerprint density at radius 2 is 2.18 bits per heavy atom. The van der Waals surface area contributed by atoms with Crippen LogP contribution in [0.3, 0.4) is 0 Å². The Labute approximate surface area is 73.9 Å². The van der Waals surface area contributed by atoms with E-state index in [0.29, 0.717) is 4.47 Å². The van der Waals surface area contributed by atoms with Gasteiger partial charge in [-0.1, -0.05) is 18.7 Å². The molecule has 0 bridgehead atoms. The molecule has 0 aliphatic rings. The molecule has 0 aliphatic heterocycles. The summed E-state index contributed by atoms with van der Waals surface area (Å²) >= 11 is 3.13. The van der Waals surface area contributed by atoms with Crippen LogP contribution in [0.5, 0.6) is 0 Å².